The first-order chi connectivity index (χ1) is 9.17. The molecule has 1 rings (SSSR count). The van der Waals surface area contributed by atoms with Crippen molar-refractivity contribution in [2.24, 2.45) is 5.41 Å². The molecule has 0 aliphatic heterocycles. The molecule has 0 spiro atoms. The highest BCUT2D eigenvalue weighted by Gasteiger charge is 2.07. The summed E-state index contributed by atoms with van der Waals surface area (Å²) in [4.78, 5) is 13.0. The number of hydrogen-bond acceptors (Lipinski definition) is 2. The summed E-state index contributed by atoms with van der Waals surface area (Å²) in [6, 6.07) is 5.24. The highest BCUT2D eigenvalue weighted by molar-refractivity contribution is 6.30. The van der Waals surface area contributed by atoms with Crippen LogP contribution in [0, 0.1) is 17.3 Å². The number of nitrogens with zero attached hydrogens (tertiary/aromatic N) is 1. The Morgan fingerprint density at radius 3 is 2.50 bits per heavy atom. The number of amides is 1. The first-order valence-electron chi connectivity index (χ1n) is 6.34. The van der Waals surface area contributed by atoms with Crippen molar-refractivity contribution in [3.8, 4) is 17.6 Å². The van der Waals surface area contributed by atoms with Crippen LogP contribution in [0.25, 0.3) is 0 Å². The molecule has 0 saturated carbocycles. The molecule has 108 valence electrons. The Labute approximate surface area is 125 Å². The fourth-order valence-electron chi connectivity index (χ4n) is 1.25. The van der Waals surface area contributed by atoms with E-state index < -0.39 is 0 Å². The Hall–Kier alpha value is -1.66. The normalized spacial score (nSPS) is 10.5. The lowest BCUT2D eigenvalue weighted by atomic mass is 9.97. The molecular weight excluding hydrogens is 274 g/mol. The number of carbonyl (C=O) groups is 1. The van der Waals surface area contributed by atoms with Crippen LogP contribution in [0.3, 0.4) is 0 Å². The molecule has 0 bridgehead atoms. The monoisotopic (exact) mass is 293 g/mol. The fraction of sp³-hybridized carbons (Fsp3) is 0.438. The molecule has 0 N–H and O–H groups in total. The van der Waals surface area contributed by atoms with Gasteiger partial charge in [-0.25, -0.2) is 0 Å². The number of halogens is 1. The van der Waals surface area contributed by atoms with Gasteiger partial charge in [0.1, 0.15) is 5.75 Å². The van der Waals surface area contributed by atoms with Crippen molar-refractivity contribution in [3.05, 3.63) is 28.8 Å². The first kappa shape index (κ1) is 16.4. The van der Waals surface area contributed by atoms with Gasteiger partial charge in [-0.2, -0.15) is 0 Å². The second-order valence-electron chi connectivity index (χ2n) is 5.75. The molecule has 1 amide bonds. The number of likely N-dealkylation sites (N-methyl/N-ethyl adjacent to an activating group) is 1. The molecule has 1 aromatic rings. The van der Waals surface area contributed by atoms with Crippen molar-refractivity contribution in [3.63, 3.8) is 0 Å². The maximum absolute atomic E-state index is 11.5. The van der Waals surface area contributed by atoms with Crippen LogP contribution < -0.4 is 4.74 Å². The van der Waals surface area contributed by atoms with Crippen LogP contribution in [0.5, 0.6) is 5.75 Å². The SMILES string of the molecule is CN(C)C(=O)COc1cc(Cl)cc(C#CC(C)(C)C)c1. The lowest BCUT2D eigenvalue weighted by molar-refractivity contribution is -0.130. The molecule has 1 aromatic carbocycles. The van der Waals surface area contributed by atoms with Gasteiger partial charge in [0.25, 0.3) is 5.91 Å². The Balaban J connectivity index is 2.86. The molecule has 0 heterocycles. The summed E-state index contributed by atoms with van der Waals surface area (Å²) in [5, 5.41) is 0.540. The second-order valence-corrected chi connectivity index (χ2v) is 6.19. The van der Waals surface area contributed by atoms with Crippen LogP contribution in [0.1, 0.15) is 26.3 Å². The summed E-state index contributed by atoms with van der Waals surface area (Å²) in [6.45, 7) is 6.10. The molecule has 4 heteroatoms. The van der Waals surface area contributed by atoms with Crippen LogP contribution in [0.15, 0.2) is 18.2 Å². The van der Waals surface area contributed by atoms with Gasteiger partial charge in [0.15, 0.2) is 6.61 Å². The minimum Gasteiger partial charge on any atom is -0.484 e. The van der Waals surface area contributed by atoms with E-state index in [0.717, 1.165) is 5.56 Å². The van der Waals surface area contributed by atoms with E-state index in [0.29, 0.717) is 10.8 Å². The van der Waals surface area contributed by atoms with Crippen molar-refractivity contribution < 1.29 is 9.53 Å². The zero-order valence-electron chi connectivity index (χ0n) is 12.6. The van der Waals surface area contributed by atoms with Crippen molar-refractivity contribution >= 4 is 17.5 Å². The molecule has 0 atom stereocenters. The number of hydrogen-bond donors (Lipinski definition) is 0. The van der Waals surface area contributed by atoms with Crippen molar-refractivity contribution in [2.75, 3.05) is 20.7 Å². The number of ether oxygens (including phenoxy) is 1. The Bertz CT molecular complexity index is 548. The maximum Gasteiger partial charge on any atom is 0.259 e. The molecule has 0 unspecified atom stereocenters. The third-order valence-corrected chi connectivity index (χ3v) is 2.53. The summed E-state index contributed by atoms with van der Waals surface area (Å²) in [5.74, 6) is 6.65. The standard InChI is InChI=1S/C16H20ClNO2/c1-16(2,3)7-6-12-8-13(17)10-14(9-12)20-11-15(19)18(4)5/h8-10H,11H2,1-5H3. The molecule has 20 heavy (non-hydrogen) atoms. The first-order valence-corrected chi connectivity index (χ1v) is 6.72. The molecule has 0 aliphatic carbocycles. The van der Waals surface area contributed by atoms with E-state index in [4.69, 9.17) is 16.3 Å². The largest absolute Gasteiger partial charge is 0.484 e. The van der Waals surface area contributed by atoms with E-state index in [1.807, 2.05) is 20.8 Å². The minimum absolute atomic E-state index is 0.0144. The highest BCUT2D eigenvalue weighted by atomic mass is 35.5. The zero-order valence-corrected chi connectivity index (χ0v) is 13.3. The lowest BCUT2D eigenvalue weighted by Gasteiger charge is -2.12. The van der Waals surface area contributed by atoms with E-state index >= 15 is 0 Å². The van der Waals surface area contributed by atoms with Crippen LogP contribution >= 0.6 is 11.6 Å². The third kappa shape index (κ3) is 5.99. The molecule has 0 saturated heterocycles. The summed E-state index contributed by atoms with van der Waals surface area (Å²) in [7, 11) is 3.37. The van der Waals surface area contributed by atoms with Gasteiger partial charge in [0, 0.05) is 30.1 Å². The maximum atomic E-state index is 11.5. The average molecular weight is 294 g/mol. The van der Waals surface area contributed by atoms with E-state index in [9.17, 15) is 4.79 Å². The molecule has 0 aliphatic rings. The van der Waals surface area contributed by atoms with Gasteiger partial charge in [0.05, 0.1) is 0 Å². The van der Waals surface area contributed by atoms with E-state index in [-0.39, 0.29) is 17.9 Å². The van der Waals surface area contributed by atoms with E-state index in [1.54, 1.807) is 32.3 Å². The predicted molar refractivity (Wildman–Crippen MR) is 82.0 cm³/mol. The summed E-state index contributed by atoms with van der Waals surface area (Å²) < 4.78 is 5.44. The van der Waals surface area contributed by atoms with Crippen LogP contribution in [0.4, 0.5) is 0 Å². The van der Waals surface area contributed by atoms with Gasteiger partial charge < -0.3 is 9.64 Å². The topological polar surface area (TPSA) is 29.5 Å². The Kier molecular flexibility index (Phi) is 5.47. The van der Waals surface area contributed by atoms with Gasteiger partial charge in [-0.1, -0.05) is 23.4 Å². The van der Waals surface area contributed by atoms with Crippen molar-refractivity contribution in [2.45, 2.75) is 20.8 Å². The number of benzene rings is 1. The quantitative estimate of drug-likeness (QED) is 0.801. The van der Waals surface area contributed by atoms with Crippen LogP contribution in [-0.4, -0.2) is 31.5 Å². The lowest BCUT2D eigenvalue weighted by Crippen LogP contribution is -2.27. The van der Waals surface area contributed by atoms with Crippen LogP contribution in [0.2, 0.25) is 5.02 Å². The Morgan fingerprint density at radius 1 is 1.30 bits per heavy atom. The molecule has 0 aromatic heterocycles. The zero-order chi connectivity index (χ0) is 15.3. The van der Waals surface area contributed by atoms with Gasteiger partial charge in [0.2, 0.25) is 0 Å². The summed E-state index contributed by atoms with van der Waals surface area (Å²) in [6.07, 6.45) is 0. The van der Waals surface area contributed by atoms with Gasteiger partial charge in [-0.15, -0.1) is 0 Å². The molecular formula is C16H20ClNO2. The number of rotatable bonds is 3. The second kappa shape index (κ2) is 6.67. The van der Waals surface area contributed by atoms with Gasteiger partial charge >= 0.3 is 0 Å². The molecule has 0 fully saturated rings. The predicted octanol–water partition coefficient (Wildman–Crippen LogP) is 3.20. The third-order valence-electron chi connectivity index (χ3n) is 2.31. The summed E-state index contributed by atoms with van der Waals surface area (Å²) >= 11 is 6.03. The average Bonchev–Trinajstić information content (AvgIpc) is 2.32. The van der Waals surface area contributed by atoms with E-state index in [2.05, 4.69) is 11.8 Å². The van der Waals surface area contributed by atoms with Gasteiger partial charge in [-0.3, -0.25) is 4.79 Å². The van der Waals surface area contributed by atoms with Crippen LogP contribution in [-0.2, 0) is 4.79 Å². The van der Waals surface area contributed by atoms with E-state index in [1.165, 1.54) is 4.90 Å². The molecule has 0 radical (unpaired) electrons. The van der Waals surface area contributed by atoms with Gasteiger partial charge in [-0.05, 0) is 39.0 Å². The minimum atomic E-state index is -0.104. The Morgan fingerprint density at radius 2 is 1.95 bits per heavy atom. The van der Waals surface area contributed by atoms with Crippen molar-refractivity contribution in [1.82, 2.24) is 4.90 Å². The summed E-state index contributed by atoms with van der Waals surface area (Å²) in [5.41, 5.74) is 0.698. The smallest absolute Gasteiger partial charge is 0.259 e. The highest BCUT2D eigenvalue weighted by Crippen LogP contribution is 2.21. The molecule has 3 nitrogen and oxygen atoms in total. The number of carbonyl (C=O) groups excluding carboxylic acids is 1. The fourth-order valence-corrected chi connectivity index (χ4v) is 1.48. The van der Waals surface area contributed by atoms with Crippen molar-refractivity contribution in [1.29, 1.82) is 0 Å².